The first-order valence-corrected chi connectivity index (χ1v) is 7.18. The molecule has 2 rings (SSSR count). The monoisotopic (exact) mass is 269 g/mol. The highest BCUT2D eigenvalue weighted by Gasteiger charge is 2.20. The first-order chi connectivity index (χ1) is 8.70. The predicted molar refractivity (Wildman–Crippen MR) is 74.5 cm³/mol. The third kappa shape index (κ3) is 3.46. The van der Waals surface area contributed by atoms with Gasteiger partial charge >= 0.3 is 0 Å². The molecule has 1 aliphatic carbocycles. The van der Waals surface area contributed by atoms with E-state index in [0.29, 0.717) is 12.0 Å². The fraction of sp³-hybridized carbons (Fsp3) is 0.600. The Morgan fingerprint density at radius 1 is 1.33 bits per heavy atom. The Morgan fingerprint density at radius 3 is 2.89 bits per heavy atom. The minimum Gasteiger partial charge on any atom is -0.317 e. The van der Waals surface area contributed by atoms with Crippen molar-refractivity contribution in [1.29, 1.82) is 0 Å². The molecule has 2 unspecified atom stereocenters. The van der Waals surface area contributed by atoms with Crippen LogP contribution in [-0.4, -0.2) is 13.1 Å². The molecule has 1 N–H and O–H groups in total. The summed E-state index contributed by atoms with van der Waals surface area (Å²) in [6.45, 7) is 0. The van der Waals surface area contributed by atoms with Crippen molar-refractivity contribution in [3.05, 3.63) is 34.6 Å². The lowest BCUT2D eigenvalue weighted by atomic mass is 9.91. The van der Waals surface area contributed by atoms with E-state index in [9.17, 15) is 4.39 Å². The largest absolute Gasteiger partial charge is 0.317 e. The fourth-order valence-corrected chi connectivity index (χ4v) is 3.12. The number of nitrogens with one attached hydrogen (secondary N) is 1. The van der Waals surface area contributed by atoms with E-state index >= 15 is 0 Å². The Bertz CT molecular complexity index is 394. The third-order valence-corrected chi connectivity index (χ3v) is 4.27. The lowest BCUT2D eigenvalue weighted by Gasteiger charge is -2.20. The molecular weight excluding hydrogens is 249 g/mol. The van der Waals surface area contributed by atoms with Gasteiger partial charge in [-0.2, -0.15) is 0 Å². The maximum Gasteiger partial charge on any atom is 0.144 e. The highest BCUT2D eigenvalue weighted by molar-refractivity contribution is 6.30. The second-order valence-corrected chi connectivity index (χ2v) is 5.70. The topological polar surface area (TPSA) is 12.0 Å². The van der Waals surface area contributed by atoms with Crippen molar-refractivity contribution in [3.8, 4) is 0 Å². The maximum absolute atomic E-state index is 13.9. The van der Waals surface area contributed by atoms with Crippen molar-refractivity contribution in [2.24, 2.45) is 5.92 Å². The van der Waals surface area contributed by atoms with E-state index in [1.165, 1.54) is 25.7 Å². The molecule has 1 aromatic rings. The van der Waals surface area contributed by atoms with E-state index in [1.54, 1.807) is 6.07 Å². The van der Waals surface area contributed by atoms with E-state index in [-0.39, 0.29) is 10.8 Å². The van der Waals surface area contributed by atoms with Crippen LogP contribution in [0.1, 0.15) is 37.7 Å². The molecule has 1 aromatic carbocycles. The molecule has 2 atom stereocenters. The molecule has 1 saturated carbocycles. The molecular formula is C15H21ClFN. The van der Waals surface area contributed by atoms with Crippen molar-refractivity contribution in [2.45, 2.75) is 44.6 Å². The average Bonchev–Trinajstić information content (AvgIpc) is 2.60. The van der Waals surface area contributed by atoms with Crippen LogP contribution in [0.3, 0.4) is 0 Å². The van der Waals surface area contributed by atoms with Gasteiger partial charge in [-0.3, -0.25) is 0 Å². The molecule has 0 aromatic heterocycles. The van der Waals surface area contributed by atoms with Crippen molar-refractivity contribution in [3.63, 3.8) is 0 Å². The van der Waals surface area contributed by atoms with Gasteiger partial charge in [-0.15, -0.1) is 0 Å². The second-order valence-electron chi connectivity index (χ2n) is 5.29. The molecule has 0 spiro atoms. The Balaban J connectivity index is 2.05. The Morgan fingerprint density at radius 2 is 2.11 bits per heavy atom. The first kappa shape index (κ1) is 13.8. The first-order valence-electron chi connectivity index (χ1n) is 6.81. The number of hydrogen-bond acceptors (Lipinski definition) is 1. The minimum absolute atomic E-state index is 0.232. The highest BCUT2D eigenvalue weighted by Crippen LogP contribution is 2.28. The molecule has 0 bridgehead atoms. The van der Waals surface area contributed by atoms with E-state index in [2.05, 4.69) is 5.32 Å². The van der Waals surface area contributed by atoms with E-state index in [1.807, 2.05) is 19.2 Å². The molecule has 0 saturated heterocycles. The van der Waals surface area contributed by atoms with Crippen LogP contribution in [0.4, 0.5) is 4.39 Å². The van der Waals surface area contributed by atoms with E-state index < -0.39 is 0 Å². The van der Waals surface area contributed by atoms with Crippen LogP contribution in [0, 0.1) is 11.7 Å². The summed E-state index contributed by atoms with van der Waals surface area (Å²) in [5.41, 5.74) is 0.768. The van der Waals surface area contributed by atoms with Crippen LogP contribution in [0.2, 0.25) is 5.02 Å². The molecule has 3 heteroatoms. The molecule has 0 aliphatic heterocycles. The number of rotatable bonds is 3. The minimum atomic E-state index is -0.232. The van der Waals surface area contributed by atoms with E-state index in [0.717, 1.165) is 18.4 Å². The van der Waals surface area contributed by atoms with E-state index in [4.69, 9.17) is 11.6 Å². The normalized spacial score (nSPS) is 24.8. The van der Waals surface area contributed by atoms with Crippen LogP contribution in [-0.2, 0) is 6.42 Å². The summed E-state index contributed by atoms with van der Waals surface area (Å²) in [7, 11) is 2.02. The standard InChI is InChI=1S/C15H21ClFN/c1-18-13-7-3-2-5-11(10-13)9-12-6-4-8-14(16)15(12)17/h4,6,8,11,13,18H,2-3,5,7,9-10H2,1H3. The van der Waals surface area contributed by atoms with Crippen LogP contribution < -0.4 is 5.32 Å². The Kier molecular flexibility index (Phi) is 5.02. The molecule has 1 nitrogen and oxygen atoms in total. The quantitative estimate of drug-likeness (QED) is 0.812. The lowest BCUT2D eigenvalue weighted by molar-refractivity contribution is 0.396. The molecule has 18 heavy (non-hydrogen) atoms. The van der Waals surface area contributed by atoms with Gasteiger partial charge in [0.1, 0.15) is 5.82 Å². The molecule has 0 heterocycles. The zero-order chi connectivity index (χ0) is 13.0. The summed E-state index contributed by atoms with van der Waals surface area (Å²) in [6, 6.07) is 5.90. The van der Waals surface area contributed by atoms with Crippen LogP contribution in [0.15, 0.2) is 18.2 Å². The molecule has 0 radical (unpaired) electrons. The molecule has 100 valence electrons. The summed E-state index contributed by atoms with van der Waals surface area (Å²) < 4.78 is 13.9. The van der Waals surface area contributed by atoms with Gasteiger partial charge in [0.2, 0.25) is 0 Å². The van der Waals surface area contributed by atoms with Crippen molar-refractivity contribution < 1.29 is 4.39 Å². The van der Waals surface area contributed by atoms with Gasteiger partial charge < -0.3 is 5.32 Å². The van der Waals surface area contributed by atoms with Gasteiger partial charge in [0.05, 0.1) is 5.02 Å². The smallest absolute Gasteiger partial charge is 0.144 e. The van der Waals surface area contributed by atoms with Gasteiger partial charge in [0.25, 0.3) is 0 Å². The van der Waals surface area contributed by atoms with Gasteiger partial charge in [0, 0.05) is 6.04 Å². The maximum atomic E-state index is 13.9. The summed E-state index contributed by atoms with van der Waals surface area (Å²) in [4.78, 5) is 0. The fourth-order valence-electron chi connectivity index (χ4n) is 2.93. The molecule has 1 aliphatic rings. The summed E-state index contributed by atoms with van der Waals surface area (Å²) in [6.07, 6.45) is 6.92. The number of halogens is 2. The van der Waals surface area contributed by atoms with Gasteiger partial charge in [-0.05, 0) is 43.9 Å². The molecule has 0 amide bonds. The number of hydrogen-bond donors (Lipinski definition) is 1. The van der Waals surface area contributed by atoms with Gasteiger partial charge in [0.15, 0.2) is 0 Å². The van der Waals surface area contributed by atoms with Crippen molar-refractivity contribution in [2.75, 3.05) is 7.05 Å². The highest BCUT2D eigenvalue weighted by atomic mass is 35.5. The van der Waals surface area contributed by atoms with Crippen LogP contribution >= 0.6 is 11.6 Å². The van der Waals surface area contributed by atoms with Gasteiger partial charge in [-0.25, -0.2) is 4.39 Å². The Labute approximate surface area is 114 Å². The lowest BCUT2D eigenvalue weighted by Crippen LogP contribution is -2.27. The second kappa shape index (κ2) is 6.53. The molecule has 1 fully saturated rings. The van der Waals surface area contributed by atoms with Crippen molar-refractivity contribution >= 4 is 11.6 Å². The zero-order valence-corrected chi connectivity index (χ0v) is 11.6. The van der Waals surface area contributed by atoms with Crippen molar-refractivity contribution in [1.82, 2.24) is 5.32 Å². The zero-order valence-electron chi connectivity index (χ0n) is 10.9. The summed E-state index contributed by atoms with van der Waals surface area (Å²) >= 11 is 5.83. The van der Waals surface area contributed by atoms with Crippen LogP contribution in [0.5, 0.6) is 0 Å². The number of benzene rings is 1. The summed E-state index contributed by atoms with van der Waals surface area (Å²) in [5.74, 6) is 0.335. The van der Waals surface area contributed by atoms with Gasteiger partial charge in [-0.1, -0.05) is 43.0 Å². The SMILES string of the molecule is CNC1CCCCC(Cc2cccc(Cl)c2F)C1. The predicted octanol–water partition coefficient (Wildman–Crippen LogP) is 4.19. The Hall–Kier alpha value is -0.600. The van der Waals surface area contributed by atoms with Crippen LogP contribution in [0.25, 0.3) is 0 Å². The average molecular weight is 270 g/mol. The summed E-state index contributed by atoms with van der Waals surface area (Å²) in [5, 5.41) is 3.61. The third-order valence-electron chi connectivity index (χ3n) is 3.98.